The van der Waals surface area contributed by atoms with Gasteiger partial charge in [0.05, 0.1) is 18.1 Å². The predicted molar refractivity (Wildman–Crippen MR) is 86.3 cm³/mol. The van der Waals surface area contributed by atoms with E-state index < -0.39 is 10.8 Å². The number of ether oxygens (including phenoxy) is 1. The van der Waals surface area contributed by atoms with Crippen LogP contribution in [0.5, 0.6) is 11.5 Å². The van der Waals surface area contributed by atoms with Crippen molar-refractivity contribution >= 4 is 11.6 Å². The first-order chi connectivity index (χ1) is 11.5. The highest BCUT2D eigenvalue weighted by atomic mass is 16.6. The Balaban J connectivity index is 1.89. The van der Waals surface area contributed by atoms with Gasteiger partial charge in [-0.1, -0.05) is 12.1 Å². The molecule has 1 amide bonds. The van der Waals surface area contributed by atoms with Crippen molar-refractivity contribution in [2.75, 3.05) is 7.11 Å². The SMILES string of the molecule is COc1ccc([N+](=O)[O-])c(C(=O)N[C@@H]2CCc3c(O)cccc32)c1. The molecule has 2 aromatic rings. The van der Waals surface area contributed by atoms with Gasteiger partial charge in [0.2, 0.25) is 0 Å². The number of nitrogens with zero attached hydrogens (tertiary/aromatic N) is 1. The number of methoxy groups -OCH3 is 1. The van der Waals surface area contributed by atoms with Crippen molar-refractivity contribution in [3.05, 3.63) is 63.2 Å². The van der Waals surface area contributed by atoms with Gasteiger partial charge < -0.3 is 15.2 Å². The van der Waals surface area contributed by atoms with E-state index in [1.807, 2.05) is 6.07 Å². The molecule has 7 heteroatoms. The number of carbonyl (C=O) groups excluding carboxylic acids is 1. The highest BCUT2D eigenvalue weighted by Gasteiger charge is 2.28. The van der Waals surface area contributed by atoms with E-state index in [4.69, 9.17) is 4.74 Å². The maximum absolute atomic E-state index is 12.6. The molecule has 3 rings (SSSR count). The minimum atomic E-state index is -0.594. The van der Waals surface area contributed by atoms with Gasteiger partial charge in [-0.05, 0) is 42.2 Å². The molecule has 0 fully saturated rings. The van der Waals surface area contributed by atoms with Gasteiger partial charge in [-0.25, -0.2) is 0 Å². The molecule has 0 saturated carbocycles. The van der Waals surface area contributed by atoms with Crippen molar-refractivity contribution in [3.8, 4) is 11.5 Å². The summed E-state index contributed by atoms with van der Waals surface area (Å²) < 4.78 is 5.05. The molecule has 1 aliphatic carbocycles. The fourth-order valence-electron chi connectivity index (χ4n) is 3.00. The second-order valence-corrected chi connectivity index (χ2v) is 5.55. The van der Waals surface area contributed by atoms with Crippen LogP contribution in [0.1, 0.15) is 33.9 Å². The zero-order chi connectivity index (χ0) is 17.3. The van der Waals surface area contributed by atoms with Crippen LogP contribution in [0.2, 0.25) is 0 Å². The van der Waals surface area contributed by atoms with Crippen LogP contribution in [0.25, 0.3) is 0 Å². The Morgan fingerprint density at radius 3 is 2.88 bits per heavy atom. The summed E-state index contributed by atoms with van der Waals surface area (Å²) in [6.07, 6.45) is 1.28. The smallest absolute Gasteiger partial charge is 0.282 e. The van der Waals surface area contributed by atoms with Crippen molar-refractivity contribution in [1.29, 1.82) is 0 Å². The maximum atomic E-state index is 12.6. The highest BCUT2D eigenvalue weighted by molar-refractivity contribution is 5.98. The lowest BCUT2D eigenvalue weighted by Crippen LogP contribution is -2.27. The monoisotopic (exact) mass is 328 g/mol. The van der Waals surface area contributed by atoms with E-state index in [2.05, 4.69) is 5.32 Å². The first-order valence-electron chi connectivity index (χ1n) is 7.45. The van der Waals surface area contributed by atoms with E-state index in [0.29, 0.717) is 18.6 Å². The third-order valence-electron chi connectivity index (χ3n) is 4.20. The van der Waals surface area contributed by atoms with Crippen LogP contribution in [-0.4, -0.2) is 23.0 Å². The first kappa shape index (κ1) is 15.8. The van der Waals surface area contributed by atoms with Gasteiger partial charge >= 0.3 is 0 Å². The van der Waals surface area contributed by atoms with Crippen LogP contribution in [0.3, 0.4) is 0 Å². The molecule has 0 bridgehead atoms. The average molecular weight is 328 g/mol. The minimum Gasteiger partial charge on any atom is -0.508 e. The van der Waals surface area contributed by atoms with Crippen molar-refractivity contribution in [2.45, 2.75) is 18.9 Å². The van der Waals surface area contributed by atoms with Crippen LogP contribution >= 0.6 is 0 Å². The second-order valence-electron chi connectivity index (χ2n) is 5.55. The van der Waals surface area contributed by atoms with E-state index in [1.165, 1.54) is 25.3 Å². The number of carbonyl (C=O) groups is 1. The second kappa shape index (κ2) is 6.19. The zero-order valence-electron chi connectivity index (χ0n) is 13.0. The molecule has 0 unspecified atom stereocenters. The summed E-state index contributed by atoms with van der Waals surface area (Å²) in [7, 11) is 1.43. The highest BCUT2D eigenvalue weighted by Crippen LogP contribution is 2.36. The molecular weight excluding hydrogens is 312 g/mol. The molecular formula is C17H16N2O5. The van der Waals surface area contributed by atoms with Crippen LogP contribution in [0.4, 0.5) is 5.69 Å². The van der Waals surface area contributed by atoms with E-state index in [-0.39, 0.29) is 23.0 Å². The van der Waals surface area contributed by atoms with Gasteiger partial charge in [-0.2, -0.15) is 0 Å². The van der Waals surface area contributed by atoms with Crippen molar-refractivity contribution in [2.24, 2.45) is 0 Å². The standard InChI is InChI=1S/C17H16N2O5/c1-24-10-5-8-15(19(22)23)13(9-10)17(21)18-14-7-6-12-11(14)3-2-4-16(12)20/h2-5,8-9,14,20H,6-7H2,1H3,(H,18,21)/t14-/m1/s1. The van der Waals surface area contributed by atoms with Gasteiger partial charge in [0, 0.05) is 6.07 Å². The lowest BCUT2D eigenvalue weighted by molar-refractivity contribution is -0.385. The molecule has 2 aromatic carbocycles. The van der Waals surface area contributed by atoms with Crippen LogP contribution in [0.15, 0.2) is 36.4 Å². The number of fused-ring (bicyclic) bond motifs is 1. The zero-order valence-corrected chi connectivity index (χ0v) is 13.0. The molecule has 0 spiro atoms. The van der Waals surface area contributed by atoms with Gasteiger partial charge in [0.15, 0.2) is 0 Å². The van der Waals surface area contributed by atoms with Crippen molar-refractivity contribution in [1.82, 2.24) is 5.32 Å². The van der Waals surface area contributed by atoms with Crippen LogP contribution < -0.4 is 10.1 Å². The Bertz CT molecular complexity index is 819. The Morgan fingerprint density at radius 2 is 2.17 bits per heavy atom. The van der Waals surface area contributed by atoms with E-state index in [1.54, 1.807) is 12.1 Å². The number of phenols is 1. The lowest BCUT2D eigenvalue weighted by Gasteiger charge is -2.15. The third kappa shape index (κ3) is 2.76. The van der Waals surface area contributed by atoms with Crippen LogP contribution in [-0.2, 0) is 6.42 Å². The largest absolute Gasteiger partial charge is 0.508 e. The molecule has 24 heavy (non-hydrogen) atoms. The number of amides is 1. The molecule has 0 saturated heterocycles. The maximum Gasteiger partial charge on any atom is 0.282 e. The molecule has 2 N–H and O–H groups in total. The van der Waals surface area contributed by atoms with Gasteiger partial charge in [-0.15, -0.1) is 0 Å². The Kier molecular flexibility index (Phi) is 4.07. The third-order valence-corrected chi connectivity index (χ3v) is 4.20. The number of hydrogen-bond acceptors (Lipinski definition) is 5. The molecule has 1 atom stereocenters. The summed E-state index contributed by atoms with van der Waals surface area (Å²) >= 11 is 0. The number of hydrogen-bond donors (Lipinski definition) is 2. The normalized spacial score (nSPS) is 15.6. The number of nitro groups is 1. The van der Waals surface area contributed by atoms with Gasteiger partial charge in [0.25, 0.3) is 11.6 Å². The molecule has 0 aromatic heterocycles. The molecule has 124 valence electrons. The minimum absolute atomic E-state index is 0.0482. The predicted octanol–water partition coefficient (Wildman–Crippen LogP) is 2.73. The summed E-state index contributed by atoms with van der Waals surface area (Å²) in [6.45, 7) is 0. The quantitative estimate of drug-likeness (QED) is 0.664. The van der Waals surface area contributed by atoms with Gasteiger partial charge in [-0.3, -0.25) is 14.9 Å². The summed E-state index contributed by atoms with van der Waals surface area (Å²) in [5.74, 6) is 0.0358. The summed E-state index contributed by atoms with van der Waals surface area (Å²) in [5, 5.41) is 23.8. The summed E-state index contributed by atoms with van der Waals surface area (Å²) in [5.41, 5.74) is 1.33. The fourth-order valence-corrected chi connectivity index (χ4v) is 3.00. The number of aromatic hydroxyl groups is 1. The topological polar surface area (TPSA) is 102 Å². The van der Waals surface area contributed by atoms with Crippen molar-refractivity contribution < 1.29 is 19.6 Å². The fraction of sp³-hybridized carbons (Fsp3) is 0.235. The molecule has 7 nitrogen and oxygen atoms in total. The Morgan fingerprint density at radius 1 is 1.38 bits per heavy atom. The number of nitro benzene ring substituents is 1. The lowest BCUT2D eigenvalue weighted by atomic mass is 10.1. The average Bonchev–Trinajstić information content (AvgIpc) is 2.98. The summed E-state index contributed by atoms with van der Waals surface area (Å²) in [4.78, 5) is 23.1. The number of benzene rings is 2. The van der Waals surface area contributed by atoms with Crippen LogP contribution in [0, 0.1) is 10.1 Å². The van der Waals surface area contributed by atoms with E-state index >= 15 is 0 Å². The number of phenolic OH excluding ortho intramolecular Hbond substituents is 1. The van der Waals surface area contributed by atoms with E-state index in [9.17, 15) is 20.0 Å². The van der Waals surface area contributed by atoms with E-state index in [0.717, 1.165) is 11.1 Å². The molecule has 0 radical (unpaired) electrons. The molecule has 1 aliphatic rings. The summed E-state index contributed by atoms with van der Waals surface area (Å²) in [6, 6.07) is 8.92. The van der Waals surface area contributed by atoms with Crippen molar-refractivity contribution in [3.63, 3.8) is 0 Å². The van der Waals surface area contributed by atoms with Gasteiger partial charge in [0.1, 0.15) is 17.1 Å². The number of rotatable bonds is 4. The first-order valence-corrected chi connectivity index (χ1v) is 7.45. The molecule has 0 aliphatic heterocycles. The Hall–Kier alpha value is -3.09. The Labute approximate surface area is 138 Å². The number of nitrogens with one attached hydrogen (secondary N) is 1. The molecule has 0 heterocycles.